The third-order valence-corrected chi connectivity index (χ3v) is 2.84. The fourth-order valence-electron chi connectivity index (χ4n) is 1.59. The molecule has 19 heavy (non-hydrogen) atoms. The minimum absolute atomic E-state index is 0.0375. The maximum atomic E-state index is 13.1. The highest BCUT2D eigenvalue weighted by molar-refractivity contribution is 6.33. The minimum Gasteiger partial charge on any atom is -0.478 e. The van der Waals surface area contributed by atoms with Gasteiger partial charge in [0.2, 0.25) is 0 Å². The van der Waals surface area contributed by atoms with Crippen LogP contribution in [0.3, 0.4) is 0 Å². The lowest BCUT2D eigenvalue weighted by atomic mass is 10.0. The van der Waals surface area contributed by atoms with Gasteiger partial charge in [0.15, 0.2) is 17.5 Å². The third kappa shape index (κ3) is 2.56. The van der Waals surface area contributed by atoms with Crippen LogP contribution in [0.2, 0.25) is 5.02 Å². The average Bonchev–Trinajstić information content (AvgIpc) is 2.35. The van der Waals surface area contributed by atoms with Crippen LogP contribution in [0.4, 0.5) is 13.2 Å². The number of carboxylic acids is 1. The second kappa shape index (κ2) is 4.93. The lowest BCUT2D eigenvalue weighted by molar-refractivity contribution is 0.0697. The Morgan fingerprint density at radius 1 is 1.05 bits per heavy atom. The second-order valence-electron chi connectivity index (χ2n) is 3.75. The monoisotopic (exact) mass is 286 g/mol. The summed E-state index contributed by atoms with van der Waals surface area (Å²) in [7, 11) is 0. The molecule has 0 amide bonds. The molecule has 0 saturated heterocycles. The molecule has 2 aromatic carbocycles. The van der Waals surface area contributed by atoms with Crippen molar-refractivity contribution in [1.82, 2.24) is 0 Å². The van der Waals surface area contributed by atoms with E-state index < -0.39 is 23.4 Å². The van der Waals surface area contributed by atoms with Crippen molar-refractivity contribution in [2.45, 2.75) is 0 Å². The number of aromatic carboxylic acids is 1. The number of rotatable bonds is 2. The number of halogens is 4. The van der Waals surface area contributed by atoms with Gasteiger partial charge in [-0.25, -0.2) is 18.0 Å². The van der Waals surface area contributed by atoms with Crippen molar-refractivity contribution in [3.63, 3.8) is 0 Å². The summed E-state index contributed by atoms with van der Waals surface area (Å²) in [6.07, 6.45) is 0. The minimum atomic E-state index is -1.59. The summed E-state index contributed by atoms with van der Waals surface area (Å²) in [5.74, 6) is -5.53. The average molecular weight is 287 g/mol. The largest absolute Gasteiger partial charge is 0.478 e. The zero-order chi connectivity index (χ0) is 14.2. The molecule has 0 atom stereocenters. The Morgan fingerprint density at radius 3 is 2.16 bits per heavy atom. The Balaban J connectivity index is 2.64. The van der Waals surface area contributed by atoms with Crippen molar-refractivity contribution in [3.8, 4) is 11.1 Å². The topological polar surface area (TPSA) is 37.3 Å². The predicted octanol–water partition coefficient (Wildman–Crippen LogP) is 4.12. The zero-order valence-corrected chi connectivity index (χ0v) is 10.0. The van der Waals surface area contributed by atoms with Gasteiger partial charge < -0.3 is 5.11 Å². The molecule has 0 radical (unpaired) electrons. The molecule has 0 spiro atoms. The van der Waals surface area contributed by atoms with E-state index in [1.54, 1.807) is 0 Å². The predicted molar refractivity (Wildman–Crippen MR) is 63.7 cm³/mol. The van der Waals surface area contributed by atoms with Gasteiger partial charge >= 0.3 is 5.97 Å². The van der Waals surface area contributed by atoms with Gasteiger partial charge in [0.25, 0.3) is 0 Å². The normalized spacial score (nSPS) is 10.5. The number of benzene rings is 2. The standard InChI is InChI=1S/C13H6ClF3O2/c14-9-2-1-6(13(18)19)3-8(9)7-4-10(15)12(17)11(16)5-7/h1-5H,(H,18,19). The SMILES string of the molecule is O=C(O)c1ccc(Cl)c(-c2cc(F)c(F)c(F)c2)c1. The molecule has 1 N–H and O–H groups in total. The highest BCUT2D eigenvalue weighted by atomic mass is 35.5. The molecular weight excluding hydrogens is 281 g/mol. The molecule has 0 fully saturated rings. The summed E-state index contributed by atoms with van der Waals surface area (Å²) in [4.78, 5) is 10.8. The molecule has 2 nitrogen and oxygen atoms in total. The van der Waals surface area contributed by atoms with Crippen molar-refractivity contribution < 1.29 is 23.1 Å². The van der Waals surface area contributed by atoms with Gasteiger partial charge in [0.1, 0.15) is 0 Å². The van der Waals surface area contributed by atoms with E-state index in [4.69, 9.17) is 16.7 Å². The Morgan fingerprint density at radius 2 is 1.63 bits per heavy atom. The van der Waals surface area contributed by atoms with Gasteiger partial charge in [-0.3, -0.25) is 0 Å². The van der Waals surface area contributed by atoms with Crippen LogP contribution in [0, 0.1) is 17.5 Å². The molecule has 98 valence electrons. The summed E-state index contributed by atoms with van der Waals surface area (Å²) in [6, 6.07) is 5.22. The van der Waals surface area contributed by atoms with Crippen LogP contribution in [0.25, 0.3) is 11.1 Å². The molecule has 0 aromatic heterocycles. The molecule has 0 saturated carbocycles. The summed E-state index contributed by atoms with van der Waals surface area (Å²) in [6.45, 7) is 0. The van der Waals surface area contributed by atoms with Gasteiger partial charge in [-0.15, -0.1) is 0 Å². The molecule has 2 aromatic rings. The van der Waals surface area contributed by atoms with Gasteiger partial charge in [-0.2, -0.15) is 0 Å². The quantitative estimate of drug-likeness (QED) is 0.843. The summed E-state index contributed by atoms with van der Waals surface area (Å²) in [5.41, 5.74) is -0.0200. The van der Waals surface area contributed by atoms with E-state index in [2.05, 4.69) is 0 Å². The van der Waals surface area contributed by atoms with Crippen LogP contribution >= 0.6 is 11.6 Å². The molecule has 0 aliphatic heterocycles. The Kier molecular flexibility index (Phi) is 3.48. The van der Waals surface area contributed by atoms with E-state index in [-0.39, 0.29) is 21.7 Å². The van der Waals surface area contributed by atoms with Crippen LogP contribution in [-0.2, 0) is 0 Å². The fraction of sp³-hybridized carbons (Fsp3) is 0. The third-order valence-electron chi connectivity index (χ3n) is 2.51. The first-order valence-corrected chi connectivity index (χ1v) is 5.45. The Hall–Kier alpha value is -2.01. The summed E-state index contributed by atoms with van der Waals surface area (Å²) >= 11 is 5.85. The van der Waals surface area contributed by atoms with E-state index >= 15 is 0 Å². The van der Waals surface area contributed by atoms with Crippen LogP contribution in [0.15, 0.2) is 30.3 Å². The zero-order valence-electron chi connectivity index (χ0n) is 9.25. The van der Waals surface area contributed by atoms with Crippen molar-refractivity contribution in [3.05, 3.63) is 58.4 Å². The molecule has 0 aliphatic rings. The van der Waals surface area contributed by atoms with E-state index in [1.807, 2.05) is 0 Å². The van der Waals surface area contributed by atoms with Crippen molar-refractivity contribution in [2.75, 3.05) is 0 Å². The first-order chi connectivity index (χ1) is 8.90. The van der Waals surface area contributed by atoms with Crippen molar-refractivity contribution in [1.29, 1.82) is 0 Å². The molecule has 0 heterocycles. The first kappa shape index (κ1) is 13.4. The first-order valence-electron chi connectivity index (χ1n) is 5.08. The number of hydrogen-bond acceptors (Lipinski definition) is 1. The number of carboxylic acid groups (broad SMARTS) is 1. The van der Waals surface area contributed by atoms with E-state index in [0.717, 1.165) is 18.2 Å². The fourth-order valence-corrected chi connectivity index (χ4v) is 1.82. The molecule has 2 rings (SSSR count). The summed E-state index contributed by atoms with van der Waals surface area (Å²) < 4.78 is 39.1. The molecule has 0 aliphatic carbocycles. The van der Waals surface area contributed by atoms with Crippen molar-refractivity contribution in [2.24, 2.45) is 0 Å². The maximum absolute atomic E-state index is 13.1. The highest BCUT2D eigenvalue weighted by Gasteiger charge is 2.15. The van der Waals surface area contributed by atoms with Gasteiger partial charge in [-0.1, -0.05) is 11.6 Å². The molecule has 0 bridgehead atoms. The van der Waals surface area contributed by atoms with E-state index in [1.165, 1.54) is 12.1 Å². The Labute approximate surface area is 111 Å². The maximum Gasteiger partial charge on any atom is 0.335 e. The smallest absolute Gasteiger partial charge is 0.335 e. The van der Waals surface area contributed by atoms with Crippen LogP contribution in [0.1, 0.15) is 10.4 Å². The van der Waals surface area contributed by atoms with E-state index in [0.29, 0.717) is 0 Å². The summed E-state index contributed by atoms with van der Waals surface area (Å²) in [5, 5.41) is 8.96. The lowest BCUT2D eigenvalue weighted by Gasteiger charge is -2.07. The number of hydrogen-bond donors (Lipinski definition) is 1. The van der Waals surface area contributed by atoms with Crippen LogP contribution in [-0.4, -0.2) is 11.1 Å². The van der Waals surface area contributed by atoms with E-state index in [9.17, 15) is 18.0 Å². The van der Waals surface area contributed by atoms with Crippen LogP contribution in [0.5, 0.6) is 0 Å². The second-order valence-corrected chi connectivity index (χ2v) is 4.16. The lowest BCUT2D eigenvalue weighted by Crippen LogP contribution is -1.97. The van der Waals surface area contributed by atoms with Gasteiger partial charge in [0.05, 0.1) is 5.56 Å². The van der Waals surface area contributed by atoms with Gasteiger partial charge in [-0.05, 0) is 35.9 Å². The molecular formula is C13H6ClF3O2. The molecule has 0 unspecified atom stereocenters. The number of carbonyl (C=O) groups is 1. The van der Waals surface area contributed by atoms with Gasteiger partial charge in [0, 0.05) is 10.6 Å². The molecule has 6 heteroatoms. The highest BCUT2D eigenvalue weighted by Crippen LogP contribution is 2.30. The van der Waals surface area contributed by atoms with Crippen LogP contribution < -0.4 is 0 Å². The van der Waals surface area contributed by atoms with Crippen molar-refractivity contribution >= 4 is 17.6 Å². The Bertz CT molecular complexity index is 648.